The molecule has 1 heterocycles. The second-order valence-corrected chi connectivity index (χ2v) is 5.48. The molecule has 0 spiro atoms. The molecule has 4 N–H and O–H groups in total. The van der Waals surface area contributed by atoms with Gasteiger partial charge in [-0.2, -0.15) is 0 Å². The van der Waals surface area contributed by atoms with Crippen molar-refractivity contribution in [1.29, 1.82) is 0 Å². The summed E-state index contributed by atoms with van der Waals surface area (Å²) in [7, 11) is 0. The lowest BCUT2D eigenvalue weighted by atomic mass is 9.86. The van der Waals surface area contributed by atoms with E-state index in [1.807, 2.05) is 30.3 Å². The monoisotopic (exact) mass is 261 g/mol. The van der Waals surface area contributed by atoms with Gasteiger partial charge in [0.05, 0.1) is 0 Å². The number of hydrogen-bond acceptors (Lipinski definition) is 3. The van der Waals surface area contributed by atoms with E-state index in [2.05, 4.69) is 11.8 Å². The first-order valence-electron chi connectivity index (χ1n) is 6.92. The average molecular weight is 261 g/mol. The summed E-state index contributed by atoms with van der Waals surface area (Å²) < 4.78 is 0. The molecular formula is C15H23N3O. The Kier molecular flexibility index (Phi) is 4.22. The average Bonchev–Trinajstić information content (AvgIpc) is 2.82. The van der Waals surface area contributed by atoms with Crippen LogP contribution >= 0.6 is 0 Å². The maximum Gasteiger partial charge on any atom is 0.242 e. The highest BCUT2D eigenvalue weighted by molar-refractivity contribution is 5.85. The minimum absolute atomic E-state index is 0.453. The first-order valence-corrected chi connectivity index (χ1v) is 6.92. The summed E-state index contributed by atoms with van der Waals surface area (Å²) in [5.41, 5.74) is 11.6. The van der Waals surface area contributed by atoms with Crippen molar-refractivity contribution in [2.45, 2.75) is 37.8 Å². The van der Waals surface area contributed by atoms with Crippen LogP contribution in [-0.2, 0) is 10.3 Å². The quantitative estimate of drug-likeness (QED) is 0.836. The van der Waals surface area contributed by atoms with Crippen LogP contribution in [0.5, 0.6) is 0 Å². The van der Waals surface area contributed by atoms with E-state index in [4.69, 9.17) is 11.5 Å². The van der Waals surface area contributed by atoms with Gasteiger partial charge in [-0.3, -0.25) is 4.79 Å². The molecule has 1 aromatic carbocycles. The van der Waals surface area contributed by atoms with Gasteiger partial charge in [-0.1, -0.05) is 30.3 Å². The summed E-state index contributed by atoms with van der Waals surface area (Å²) in [6.45, 7) is 4.12. The van der Waals surface area contributed by atoms with Crippen molar-refractivity contribution in [2.75, 3.05) is 13.1 Å². The minimum atomic E-state index is -1.07. The van der Waals surface area contributed by atoms with E-state index in [1.165, 1.54) is 12.8 Å². The molecule has 4 nitrogen and oxygen atoms in total. The summed E-state index contributed by atoms with van der Waals surface area (Å²) in [5, 5.41) is 0. The molecule has 1 fully saturated rings. The molecule has 1 aliphatic rings. The van der Waals surface area contributed by atoms with Crippen LogP contribution in [0.4, 0.5) is 0 Å². The van der Waals surface area contributed by atoms with E-state index in [0.717, 1.165) is 18.7 Å². The Morgan fingerprint density at radius 3 is 2.63 bits per heavy atom. The van der Waals surface area contributed by atoms with Crippen molar-refractivity contribution in [2.24, 2.45) is 11.5 Å². The second-order valence-electron chi connectivity index (χ2n) is 5.48. The van der Waals surface area contributed by atoms with E-state index < -0.39 is 11.4 Å². The van der Waals surface area contributed by atoms with Crippen LogP contribution in [0, 0.1) is 0 Å². The number of primary amides is 1. The third-order valence-electron chi connectivity index (χ3n) is 4.21. The molecule has 1 saturated heterocycles. The highest BCUT2D eigenvalue weighted by Crippen LogP contribution is 2.24. The number of carbonyl (C=O) groups is 1. The lowest BCUT2D eigenvalue weighted by Gasteiger charge is -2.30. The van der Waals surface area contributed by atoms with Crippen molar-refractivity contribution in [3.63, 3.8) is 0 Å². The van der Waals surface area contributed by atoms with Crippen molar-refractivity contribution >= 4 is 5.91 Å². The Labute approximate surface area is 114 Å². The van der Waals surface area contributed by atoms with Gasteiger partial charge >= 0.3 is 0 Å². The molecule has 104 valence electrons. The van der Waals surface area contributed by atoms with Crippen LogP contribution in [0.25, 0.3) is 0 Å². The first kappa shape index (κ1) is 14.0. The highest BCUT2D eigenvalue weighted by atomic mass is 16.1. The molecule has 4 heteroatoms. The zero-order chi connectivity index (χ0) is 13.9. The normalized spacial score (nSPS) is 23.2. The molecular weight excluding hydrogens is 238 g/mol. The van der Waals surface area contributed by atoms with Gasteiger partial charge in [-0.05, 0) is 38.3 Å². The van der Waals surface area contributed by atoms with Gasteiger partial charge in [0.1, 0.15) is 5.54 Å². The Morgan fingerprint density at radius 2 is 2.11 bits per heavy atom. The lowest BCUT2D eigenvalue weighted by Crippen LogP contribution is -2.51. The number of amides is 1. The number of likely N-dealkylation sites (tertiary alicyclic amines) is 1. The fraction of sp³-hybridized carbons (Fsp3) is 0.533. The van der Waals surface area contributed by atoms with Crippen molar-refractivity contribution in [3.05, 3.63) is 35.9 Å². The van der Waals surface area contributed by atoms with E-state index >= 15 is 0 Å². The predicted octanol–water partition coefficient (Wildman–Crippen LogP) is 1.20. The summed E-state index contributed by atoms with van der Waals surface area (Å²) in [6.07, 6.45) is 3.01. The molecule has 2 unspecified atom stereocenters. The van der Waals surface area contributed by atoms with Crippen molar-refractivity contribution in [3.8, 4) is 0 Å². The number of carbonyl (C=O) groups excluding carboxylic acids is 1. The Hall–Kier alpha value is -1.39. The van der Waals surface area contributed by atoms with Crippen LogP contribution in [-0.4, -0.2) is 29.9 Å². The minimum Gasteiger partial charge on any atom is -0.368 e. The zero-order valence-corrected chi connectivity index (χ0v) is 11.5. The van der Waals surface area contributed by atoms with Gasteiger partial charge in [0, 0.05) is 12.6 Å². The van der Waals surface area contributed by atoms with Gasteiger partial charge < -0.3 is 16.4 Å². The Bertz CT molecular complexity index is 434. The second kappa shape index (κ2) is 5.72. The highest BCUT2D eigenvalue weighted by Gasteiger charge is 2.35. The van der Waals surface area contributed by atoms with Crippen molar-refractivity contribution in [1.82, 2.24) is 4.90 Å². The summed E-state index contributed by atoms with van der Waals surface area (Å²) in [5.74, 6) is -0.453. The molecule has 0 bridgehead atoms. The van der Waals surface area contributed by atoms with Crippen LogP contribution in [0.3, 0.4) is 0 Å². The van der Waals surface area contributed by atoms with Crippen LogP contribution < -0.4 is 11.5 Å². The molecule has 0 aliphatic carbocycles. The largest absolute Gasteiger partial charge is 0.368 e. The van der Waals surface area contributed by atoms with Gasteiger partial charge in [0.15, 0.2) is 0 Å². The van der Waals surface area contributed by atoms with E-state index in [0.29, 0.717) is 12.5 Å². The summed E-state index contributed by atoms with van der Waals surface area (Å²) in [6, 6.07) is 10.0. The number of rotatable bonds is 5. The SMILES string of the molecule is CC1CCCN1CCC(N)(C(N)=O)c1ccccc1. The van der Waals surface area contributed by atoms with E-state index in [1.54, 1.807) is 0 Å². The first-order chi connectivity index (χ1) is 9.04. The van der Waals surface area contributed by atoms with Crippen LogP contribution in [0.15, 0.2) is 30.3 Å². The van der Waals surface area contributed by atoms with Gasteiger partial charge in [0.2, 0.25) is 5.91 Å². The molecule has 2 rings (SSSR count). The molecule has 1 amide bonds. The molecule has 0 radical (unpaired) electrons. The third kappa shape index (κ3) is 2.96. The Balaban J connectivity index is 2.10. The van der Waals surface area contributed by atoms with E-state index in [-0.39, 0.29) is 0 Å². The smallest absolute Gasteiger partial charge is 0.242 e. The van der Waals surface area contributed by atoms with Gasteiger partial charge in [-0.15, -0.1) is 0 Å². The number of nitrogens with zero attached hydrogens (tertiary/aromatic N) is 1. The zero-order valence-electron chi connectivity index (χ0n) is 11.5. The van der Waals surface area contributed by atoms with Gasteiger partial charge in [0.25, 0.3) is 0 Å². The molecule has 1 aromatic rings. The molecule has 1 aliphatic heterocycles. The molecule has 0 saturated carbocycles. The standard InChI is InChI=1S/C15H23N3O/c1-12-6-5-10-18(12)11-9-15(17,14(16)19)13-7-3-2-4-8-13/h2-4,7-8,12H,5-6,9-11,17H2,1H3,(H2,16,19). The number of nitrogens with two attached hydrogens (primary N) is 2. The molecule has 0 aromatic heterocycles. The maximum atomic E-state index is 11.8. The molecule has 2 atom stereocenters. The Morgan fingerprint density at radius 1 is 1.42 bits per heavy atom. The fourth-order valence-corrected chi connectivity index (χ4v) is 2.79. The summed E-state index contributed by atoms with van der Waals surface area (Å²) in [4.78, 5) is 14.2. The maximum absolute atomic E-state index is 11.8. The topological polar surface area (TPSA) is 72.3 Å². The van der Waals surface area contributed by atoms with Crippen molar-refractivity contribution < 1.29 is 4.79 Å². The number of hydrogen-bond donors (Lipinski definition) is 2. The van der Waals surface area contributed by atoms with Crippen LogP contribution in [0.2, 0.25) is 0 Å². The van der Waals surface area contributed by atoms with Crippen LogP contribution in [0.1, 0.15) is 31.7 Å². The number of benzene rings is 1. The summed E-state index contributed by atoms with van der Waals surface area (Å²) >= 11 is 0. The fourth-order valence-electron chi connectivity index (χ4n) is 2.79. The lowest BCUT2D eigenvalue weighted by molar-refractivity contribution is -0.123. The third-order valence-corrected chi connectivity index (χ3v) is 4.21. The van der Waals surface area contributed by atoms with E-state index in [9.17, 15) is 4.79 Å². The molecule has 19 heavy (non-hydrogen) atoms. The predicted molar refractivity (Wildman–Crippen MR) is 76.4 cm³/mol. The van der Waals surface area contributed by atoms with Gasteiger partial charge in [-0.25, -0.2) is 0 Å².